The van der Waals surface area contributed by atoms with Crippen LogP contribution in [0.2, 0.25) is 0 Å². The molecule has 1 N–H and O–H groups in total. The van der Waals surface area contributed by atoms with Gasteiger partial charge >= 0.3 is 0 Å². The van der Waals surface area contributed by atoms with E-state index in [-0.39, 0.29) is 32.2 Å². The van der Waals surface area contributed by atoms with Crippen LogP contribution in [0.25, 0.3) is 0 Å². The molecule has 0 heterocycles. The van der Waals surface area contributed by atoms with Crippen molar-refractivity contribution < 1.29 is 4.79 Å². The maximum Gasteiger partial charge on any atom is 0.217 e. The molecule has 0 radical (unpaired) electrons. The summed E-state index contributed by atoms with van der Waals surface area (Å²) in [6.07, 6.45) is 0. The third-order valence-electron chi connectivity index (χ3n) is 1.72. The van der Waals surface area contributed by atoms with E-state index >= 15 is 0 Å². The molecule has 0 rings (SSSR count). The van der Waals surface area contributed by atoms with Gasteiger partial charge in [0.2, 0.25) is 5.91 Å². The molecule has 76 valence electrons. The summed E-state index contributed by atoms with van der Waals surface area (Å²) in [6.45, 7) is 9.87. The summed E-state index contributed by atoms with van der Waals surface area (Å²) in [5.74, 6) is 0.0439. The van der Waals surface area contributed by atoms with E-state index in [1.807, 2.05) is 6.92 Å². The zero-order valence-electron chi connectivity index (χ0n) is 7.49. The lowest BCUT2D eigenvalue weighted by molar-refractivity contribution is -0.120. The van der Waals surface area contributed by atoms with Gasteiger partial charge in [-0.3, -0.25) is 4.79 Å². The van der Waals surface area contributed by atoms with Gasteiger partial charge in [0, 0.05) is 13.0 Å². The summed E-state index contributed by atoms with van der Waals surface area (Å²) in [6, 6.07) is 0.241. The quantitative estimate of drug-likeness (QED) is 0.652. The Hall–Kier alpha value is -0.530. The fourth-order valence-corrected chi connectivity index (χ4v) is 0.521. The zero-order chi connectivity index (χ0) is 8.36. The first-order chi connectivity index (χ1) is 4.34. The molecule has 0 aliphatic rings. The standard InChI is InChI=1S/C8H17NO.2CH4/c1-6(8(3,4)5)9-7(2)10;;/h6H,1-5H3,(H,9,10);2*1H4/t6-;;/m1../s1. The number of carbonyl (C=O) groups is 1. The lowest BCUT2D eigenvalue weighted by Crippen LogP contribution is -2.40. The molecule has 0 aromatic heterocycles. The van der Waals surface area contributed by atoms with Crippen molar-refractivity contribution in [3.8, 4) is 0 Å². The maximum absolute atomic E-state index is 10.6. The molecule has 0 aromatic rings. The molecule has 0 bridgehead atoms. The number of carbonyl (C=O) groups excluding carboxylic acids is 1. The molecular formula is C10H25NO. The minimum absolute atomic E-state index is 0. The molecule has 12 heavy (non-hydrogen) atoms. The largest absolute Gasteiger partial charge is 0.353 e. The summed E-state index contributed by atoms with van der Waals surface area (Å²) < 4.78 is 0. The smallest absolute Gasteiger partial charge is 0.217 e. The molecule has 2 nitrogen and oxygen atoms in total. The van der Waals surface area contributed by atoms with Crippen LogP contribution >= 0.6 is 0 Å². The van der Waals surface area contributed by atoms with Gasteiger partial charge in [0.1, 0.15) is 0 Å². The molecular weight excluding hydrogens is 150 g/mol. The first-order valence-electron chi connectivity index (χ1n) is 3.61. The Morgan fingerprint density at radius 2 is 1.58 bits per heavy atom. The summed E-state index contributed by atoms with van der Waals surface area (Å²) in [7, 11) is 0. The number of amides is 1. The van der Waals surface area contributed by atoms with E-state index in [2.05, 4.69) is 26.1 Å². The van der Waals surface area contributed by atoms with E-state index in [0.717, 1.165) is 0 Å². The third kappa shape index (κ3) is 7.58. The second-order valence-electron chi connectivity index (χ2n) is 3.79. The van der Waals surface area contributed by atoms with Gasteiger partial charge < -0.3 is 5.32 Å². The van der Waals surface area contributed by atoms with Crippen LogP contribution in [0.4, 0.5) is 0 Å². The fourth-order valence-electron chi connectivity index (χ4n) is 0.521. The number of hydrogen-bond donors (Lipinski definition) is 1. The summed E-state index contributed by atoms with van der Waals surface area (Å²) >= 11 is 0. The Morgan fingerprint density at radius 1 is 1.25 bits per heavy atom. The lowest BCUT2D eigenvalue weighted by Gasteiger charge is -2.27. The molecule has 1 atom stereocenters. The molecule has 0 saturated carbocycles. The summed E-state index contributed by atoms with van der Waals surface area (Å²) in [5, 5.41) is 2.84. The van der Waals surface area contributed by atoms with Crippen LogP contribution in [0.5, 0.6) is 0 Å². The van der Waals surface area contributed by atoms with Crippen LogP contribution in [0.1, 0.15) is 49.5 Å². The van der Waals surface area contributed by atoms with Gasteiger partial charge in [0.25, 0.3) is 0 Å². The van der Waals surface area contributed by atoms with Crippen LogP contribution in [-0.4, -0.2) is 11.9 Å². The molecule has 0 aliphatic carbocycles. The third-order valence-corrected chi connectivity index (χ3v) is 1.72. The van der Waals surface area contributed by atoms with E-state index in [1.165, 1.54) is 0 Å². The Morgan fingerprint density at radius 3 is 1.67 bits per heavy atom. The average molecular weight is 175 g/mol. The van der Waals surface area contributed by atoms with Crippen LogP contribution in [0.3, 0.4) is 0 Å². The fraction of sp³-hybridized carbons (Fsp3) is 0.900. The van der Waals surface area contributed by atoms with Gasteiger partial charge in [-0.05, 0) is 12.3 Å². The molecule has 0 aliphatic heterocycles. The van der Waals surface area contributed by atoms with Gasteiger partial charge in [-0.2, -0.15) is 0 Å². The van der Waals surface area contributed by atoms with E-state index in [1.54, 1.807) is 6.92 Å². The van der Waals surface area contributed by atoms with Crippen LogP contribution in [0, 0.1) is 5.41 Å². The SMILES string of the molecule is C.C.CC(=O)N[C@H](C)C(C)(C)C. The average Bonchev–Trinajstić information content (AvgIpc) is 1.60. The first-order valence-corrected chi connectivity index (χ1v) is 3.61. The van der Waals surface area contributed by atoms with E-state index < -0.39 is 0 Å². The topological polar surface area (TPSA) is 29.1 Å². The maximum atomic E-state index is 10.6. The van der Waals surface area contributed by atoms with Crippen molar-refractivity contribution in [2.45, 2.75) is 55.5 Å². The number of rotatable bonds is 1. The van der Waals surface area contributed by atoms with Crippen molar-refractivity contribution in [3.63, 3.8) is 0 Å². The van der Waals surface area contributed by atoms with Crippen molar-refractivity contribution in [1.82, 2.24) is 5.32 Å². The van der Waals surface area contributed by atoms with Crippen molar-refractivity contribution in [2.24, 2.45) is 5.41 Å². The predicted molar refractivity (Wildman–Crippen MR) is 56.2 cm³/mol. The molecule has 0 saturated heterocycles. The first kappa shape index (κ1) is 17.5. The molecule has 0 spiro atoms. The highest BCUT2D eigenvalue weighted by molar-refractivity contribution is 5.73. The summed E-state index contributed by atoms with van der Waals surface area (Å²) in [4.78, 5) is 10.6. The van der Waals surface area contributed by atoms with Crippen LogP contribution in [0.15, 0.2) is 0 Å². The van der Waals surface area contributed by atoms with Gasteiger partial charge in [-0.1, -0.05) is 35.6 Å². The minimum atomic E-state index is 0. The van der Waals surface area contributed by atoms with Crippen molar-refractivity contribution in [2.75, 3.05) is 0 Å². The highest BCUT2D eigenvalue weighted by atomic mass is 16.1. The number of hydrogen-bond acceptors (Lipinski definition) is 1. The lowest BCUT2D eigenvalue weighted by atomic mass is 9.88. The molecule has 0 aromatic carbocycles. The van der Waals surface area contributed by atoms with E-state index in [0.29, 0.717) is 0 Å². The highest BCUT2D eigenvalue weighted by Crippen LogP contribution is 2.17. The van der Waals surface area contributed by atoms with Crippen molar-refractivity contribution in [3.05, 3.63) is 0 Å². The predicted octanol–water partition coefficient (Wildman–Crippen LogP) is 2.83. The van der Waals surface area contributed by atoms with E-state index in [9.17, 15) is 4.79 Å². The molecule has 0 unspecified atom stereocenters. The van der Waals surface area contributed by atoms with Gasteiger partial charge in [-0.15, -0.1) is 0 Å². The van der Waals surface area contributed by atoms with Crippen LogP contribution in [-0.2, 0) is 4.79 Å². The molecule has 1 amide bonds. The van der Waals surface area contributed by atoms with Crippen LogP contribution < -0.4 is 5.32 Å². The normalized spacial score (nSPS) is 12.1. The molecule has 0 fully saturated rings. The van der Waals surface area contributed by atoms with Crippen molar-refractivity contribution in [1.29, 1.82) is 0 Å². The van der Waals surface area contributed by atoms with Gasteiger partial charge in [0.05, 0.1) is 0 Å². The zero-order valence-corrected chi connectivity index (χ0v) is 7.49. The van der Waals surface area contributed by atoms with Crippen molar-refractivity contribution >= 4 is 5.91 Å². The Balaban J connectivity index is -0.000000405. The second-order valence-corrected chi connectivity index (χ2v) is 3.79. The minimum Gasteiger partial charge on any atom is -0.353 e. The Bertz CT molecular complexity index is 124. The van der Waals surface area contributed by atoms with E-state index in [4.69, 9.17) is 0 Å². The Kier molecular flexibility index (Phi) is 8.82. The Labute approximate surface area is 77.7 Å². The van der Waals surface area contributed by atoms with Gasteiger partial charge in [0.15, 0.2) is 0 Å². The molecule has 2 heteroatoms. The van der Waals surface area contributed by atoms with Gasteiger partial charge in [-0.25, -0.2) is 0 Å². The number of nitrogens with one attached hydrogen (secondary N) is 1. The highest BCUT2D eigenvalue weighted by Gasteiger charge is 2.19. The summed E-state index contributed by atoms with van der Waals surface area (Å²) in [5.41, 5.74) is 0.158. The second kappa shape index (κ2) is 6.04. The monoisotopic (exact) mass is 175 g/mol.